The van der Waals surface area contributed by atoms with E-state index in [4.69, 9.17) is 9.36 Å². The monoisotopic (exact) mass is 479 g/mol. The Morgan fingerprint density at radius 1 is 1.21 bits per heavy atom. The van der Waals surface area contributed by atoms with Crippen LogP contribution in [0.5, 0.6) is 0 Å². The van der Waals surface area contributed by atoms with Gasteiger partial charge in [0.1, 0.15) is 5.00 Å². The Labute approximate surface area is 203 Å². The van der Waals surface area contributed by atoms with Gasteiger partial charge in [-0.2, -0.15) is 9.47 Å². The van der Waals surface area contributed by atoms with Crippen LogP contribution in [-0.4, -0.2) is 25.0 Å². The molecule has 0 unspecified atom stereocenters. The van der Waals surface area contributed by atoms with Crippen molar-refractivity contribution in [3.05, 3.63) is 48.3 Å². The van der Waals surface area contributed by atoms with Crippen LogP contribution in [0.15, 0.2) is 42.6 Å². The predicted octanol–water partition coefficient (Wildman–Crippen LogP) is 6.04. The van der Waals surface area contributed by atoms with Crippen molar-refractivity contribution in [2.45, 2.75) is 38.5 Å². The lowest BCUT2D eigenvalue weighted by Crippen LogP contribution is -2.14. The third kappa shape index (κ3) is 4.04. The second-order valence-corrected chi connectivity index (χ2v) is 9.97. The normalized spacial score (nSPS) is 19.7. The molecule has 1 N–H and O–H groups in total. The number of amides is 1. The molecule has 4 aromatic rings. The Hall–Kier alpha value is -2.77. The Kier molecular flexibility index (Phi) is 5.70. The van der Waals surface area contributed by atoms with Crippen LogP contribution in [0.3, 0.4) is 0 Å². The number of fused-ring (bicyclic) bond motifs is 1. The summed E-state index contributed by atoms with van der Waals surface area (Å²) in [5.41, 5.74) is 5.76. The minimum Gasteiger partial charge on any atom is -0.316 e. The maximum atomic E-state index is 12.8. The average molecular weight is 480 g/mol. The molecule has 2 atom stereocenters. The first-order chi connectivity index (χ1) is 15.6. The number of hydrogen-bond acceptors (Lipinski definition) is 5. The molecule has 3 aromatic heterocycles. The third-order valence-electron chi connectivity index (χ3n) is 6.82. The zero-order valence-electron chi connectivity index (χ0n) is 18.6. The minimum atomic E-state index is 0. The first kappa shape index (κ1) is 22.0. The molecule has 1 amide bonds. The number of benzene rings is 1. The van der Waals surface area contributed by atoms with Gasteiger partial charge in [0.2, 0.25) is 5.91 Å². The summed E-state index contributed by atoms with van der Waals surface area (Å²) in [5.74, 6) is 1.20. The van der Waals surface area contributed by atoms with Crippen LogP contribution in [-0.2, 0) is 11.8 Å². The second kappa shape index (κ2) is 8.54. The SMILES string of the molecule is C[C@@H]1C[C@H]1C(=O)Nc1snc(-c2ccc3nn(C)cc3c2)c1-c1cccc(C2CCC2)n1.Cl. The van der Waals surface area contributed by atoms with Gasteiger partial charge in [-0.25, -0.2) is 0 Å². The van der Waals surface area contributed by atoms with Gasteiger partial charge in [-0.05, 0) is 61.0 Å². The van der Waals surface area contributed by atoms with Gasteiger partial charge in [-0.1, -0.05) is 25.5 Å². The van der Waals surface area contributed by atoms with Crippen LogP contribution in [0, 0.1) is 11.8 Å². The fourth-order valence-electron chi connectivity index (χ4n) is 4.52. The van der Waals surface area contributed by atoms with Gasteiger partial charge >= 0.3 is 0 Å². The van der Waals surface area contributed by atoms with Crippen LogP contribution >= 0.6 is 23.9 Å². The summed E-state index contributed by atoms with van der Waals surface area (Å²) in [7, 11) is 1.93. The van der Waals surface area contributed by atoms with Crippen LogP contribution in [0.1, 0.15) is 44.2 Å². The predicted molar refractivity (Wildman–Crippen MR) is 135 cm³/mol. The fourth-order valence-corrected chi connectivity index (χ4v) is 5.34. The van der Waals surface area contributed by atoms with Crippen LogP contribution in [0.2, 0.25) is 0 Å². The van der Waals surface area contributed by atoms with Crippen molar-refractivity contribution in [3.8, 4) is 22.5 Å². The second-order valence-electron chi connectivity index (χ2n) is 9.20. The van der Waals surface area contributed by atoms with Crippen molar-refractivity contribution in [1.29, 1.82) is 0 Å². The van der Waals surface area contributed by atoms with Gasteiger partial charge < -0.3 is 5.32 Å². The van der Waals surface area contributed by atoms with Gasteiger partial charge in [0, 0.05) is 41.7 Å². The molecular weight excluding hydrogens is 454 g/mol. The van der Waals surface area contributed by atoms with Gasteiger partial charge in [0.25, 0.3) is 0 Å². The van der Waals surface area contributed by atoms with Crippen molar-refractivity contribution >= 4 is 45.8 Å². The van der Waals surface area contributed by atoms with E-state index in [0.29, 0.717) is 11.8 Å². The molecule has 2 aliphatic carbocycles. The molecule has 6 rings (SSSR count). The molecule has 8 heteroatoms. The molecule has 2 saturated carbocycles. The van der Waals surface area contributed by atoms with Crippen molar-refractivity contribution in [2.75, 3.05) is 5.32 Å². The zero-order chi connectivity index (χ0) is 21.8. The number of rotatable bonds is 5. The highest BCUT2D eigenvalue weighted by Crippen LogP contribution is 2.44. The van der Waals surface area contributed by atoms with Crippen LogP contribution in [0.25, 0.3) is 33.4 Å². The van der Waals surface area contributed by atoms with E-state index in [1.54, 1.807) is 0 Å². The summed E-state index contributed by atoms with van der Waals surface area (Å²) in [6.45, 7) is 2.12. The summed E-state index contributed by atoms with van der Waals surface area (Å²) in [6.07, 6.45) is 6.64. The quantitative estimate of drug-likeness (QED) is 0.378. The Bertz CT molecular complexity index is 1340. The summed E-state index contributed by atoms with van der Waals surface area (Å²) in [4.78, 5) is 17.8. The molecule has 2 fully saturated rings. The van der Waals surface area contributed by atoms with E-state index < -0.39 is 0 Å². The van der Waals surface area contributed by atoms with E-state index in [-0.39, 0.29) is 24.2 Å². The molecule has 0 saturated heterocycles. The highest BCUT2D eigenvalue weighted by atomic mass is 35.5. The molecule has 0 aliphatic heterocycles. The average Bonchev–Trinajstić information content (AvgIpc) is 3.15. The maximum Gasteiger partial charge on any atom is 0.228 e. The van der Waals surface area contributed by atoms with E-state index in [9.17, 15) is 4.79 Å². The zero-order valence-corrected chi connectivity index (χ0v) is 20.2. The number of carbonyl (C=O) groups excluding carboxylic acids is 1. The molecule has 6 nitrogen and oxygen atoms in total. The van der Waals surface area contributed by atoms with Crippen LogP contribution in [0.4, 0.5) is 5.00 Å². The lowest BCUT2D eigenvalue weighted by Gasteiger charge is -2.25. The number of aryl methyl sites for hydroxylation is 1. The third-order valence-corrected chi connectivity index (χ3v) is 7.58. The molecule has 0 spiro atoms. The number of nitrogens with one attached hydrogen (secondary N) is 1. The molecule has 2 aliphatic rings. The summed E-state index contributed by atoms with van der Waals surface area (Å²) < 4.78 is 6.62. The van der Waals surface area contributed by atoms with E-state index in [1.165, 1.54) is 30.8 Å². The Morgan fingerprint density at radius 3 is 2.76 bits per heavy atom. The summed E-state index contributed by atoms with van der Waals surface area (Å²) >= 11 is 1.34. The lowest BCUT2D eigenvalue weighted by atomic mass is 9.82. The van der Waals surface area contributed by atoms with Crippen LogP contribution < -0.4 is 5.32 Å². The Balaban J connectivity index is 0.00000228. The fraction of sp³-hybridized carbons (Fsp3) is 0.360. The smallest absolute Gasteiger partial charge is 0.228 e. The molecule has 0 bridgehead atoms. The highest BCUT2D eigenvalue weighted by Gasteiger charge is 2.39. The van der Waals surface area contributed by atoms with Gasteiger partial charge in [0.05, 0.1) is 22.5 Å². The van der Waals surface area contributed by atoms with Crippen molar-refractivity contribution in [1.82, 2.24) is 19.1 Å². The Morgan fingerprint density at radius 2 is 2.03 bits per heavy atom. The van der Waals surface area contributed by atoms with Gasteiger partial charge in [0.15, 0.2) is 0 Å². The van der Waals surface area contributed by atoms with Gasteiger partial charge in [-0.15, -0.1) is 12.4 Å². The first-order valence-electron chi connectivity index (χ1n) is 11.3. The molecule has 170 valence electrons. The van der Waals surface area contributed by atoms with Gasteiger partial charge in [-0.3, -0.25) is 14.5 Å². The number of anilines is 1. The van der Waals surface area contributed by atoms with E-state index in [0.717, 1.165) is 50.5 Å². The molecule has 0 radical (unpaired) electrons. The number of carbonyl (C=O) groups is 1. The van der Waals surface area contributed by atoms with E-state index >= 15 is 0 Å². The molecule has 33 heavy (non-hydrogen) atoms. The molecule has 1 aromatic carbocycles. The highest BCUT2D eigenvalue weighted by molar-refractivity contribution is 7.11. The van der Waals surface area contributed by atoms with Crippen molar-refractivity contribution in [3.63, 3.8) is 0 Å². The van der Waals surface area contributed by atoms with Crippen molar-refractivity contribution in [2.24, 2.45) is 18.9 Å². The molecular formula is C25H26ClN5OS. The maximum absolute atomic E-state index is 12.8. The first-order valence-corrected chi connectivity index (χ1v) is 12.1. The largest absolute Gasteiger partial charge is 0.316 e. The minimum absolute atomic E-state index is 0. The summed E-state index contributed by atoms with van der Waals surface area (Å²) in [6, 6.07) is 12.4. The number of aromatic nitrogens is 4. The standard InChI is InChI=1S/C25H25N5OS.ClH/c1-14-11-18(14)24(31)27-25-22(21-8-4-7-19(26-21)15-5-3-6-15)23(29-32-25)16-9-10-20-17(12-16)13-30(2)28-20;/h4,7-10,12-15,18H,3,5-6,11H2,1-2H3,(H,27,31);1H/t14-,18-;/m1./s1. The number of hydrogen-bond donors (Lipinski definition) is 1. The van der Waals surface area contributed by atoms with E-state index in [2.05, 4.69) is 41.6 Å². The number of halogens is 1. The van der Waals surface area contributed by atoms with E-state index in [1.807, 2.05) is 30.1 Å². The number of nitrogens with zero attached hydrogens (tertiary/aromatic N) is 4. The summed E-state index contributed by atoms with van der Waals surface area (Å²) in [5, 5.41) is 9.51. The lowest BCUT2D eigenvalue weighted by molar-refractivity contribution is -0.117. The van der Waals surface area contributed by atoms with Crippen molar-refractivity contribution < 1.29 is 4.79 Å². The topological polar surface area (TPSA) is 72.7 Å². The molecule has 3 heterocycles. The number of pyridine rings is 1.